The van der Waals surface area contributed by atoms with Crippen molar-refractivity contribution in [3.05, 3.63) is 27.8 Å². The van der Waals surface area contributed by atoms with Crippen LogP contribution in [0.15, 0.2) is 6.07 Å². The van der Waals surface area contributed by atoms with Crippen LogP contribution in [0.1, 0.15) is 48.8 Å². The second-order valence-corrected chi connectivity index (χ2v) is 6.38. The standard InChI is InChI=1S/C16H21ClO2/c1-19-15-13(10-16(18)7-8-16)12-6-4-2-3-5-11(12)9-14(15)17/h9,18H,2-8,10H2,1H3. The third-order valence-corrected chi connectivity index (χ3v) is 4.73. The summed E-state index contributed by atoms with van der Waals surface area (Å²) in [7, 11) is 1.67. The minimum Gasteiger partial charge on any atom is -0.495 e. The van der Waals surface area contributed by atoms with E-state index in [1.54, 1.807) is 7.11 Å². The molecule has 0 spiro atoms. The summed E-state index contributed by atoms with van der Waals surface area (Å²) < 4.78 is 5.51. The highest BCUT2D eigenvalue weighted by Crippen LogP contribution is 2.44. The molecule has 2 aliphatic carbocycles. The van der Waals surface area contributed by atoms with Crippen molar-refractivity contribution in [2.45, 2.75) is 57.0 Å². The van der Waals surface area contributed by atoms with Crippen LogP contribution in [-0.2, 0) is 19.3 Å². The second kappa shape index (κ2) is 4.99. The number of benzene rings is 1. The Morgan fingerprint density at radius 2 is 2.00 bits per heavy atom. The molecule has 1 saturated carbocycles. The van der Waals surface area contributed by atoms with Gasteiger partial charge in [0.25, 0.3) is 0 Å². The zero-order valence-corrected chi connectivity index (χ0v) is 12.2. The summed E-state index contributed by atoms with van der Waals surface area (Å²) in [5.41, 5.74) is 3.41. The number of aryl methyl sites for hydroxylation is 1. The smallest absolute Gasteiger partial charge is 0.141 e. The molecule has 2 aliphatic rings. The number of aliphatic hydroxyl groups is 1. The van der Waals surface area contributed by atoms with Crippen LogP contribution in [0.5, 0.6) is 5.75 Å². The summed E-state index contributed by atoms with van der Waals surface area (Å²) in [6.07, 6.45) is 8.42. The third kappa shape index (κ3) is 2.61. The molecule has 1 aromatic carbocycles. The van der Waals surface area contributed by atoms with Gasteiger partial charge >= 0.3 is 0 Å². The van der Waals surface area contributed by atoms with Gasteiger partial charge in [0.15, 0.2) is 0 Å². The lowest BCUT2D eigenvalue weighted by molar-refractivity contribution is 0.149. The van der Waals surface area contributed by atoms with Crippen LogP contribution in [-0.4, -0.2) is 17.8 Å². The monoisotopic (exact) mass is 280 g/mol. The first-order valence-electron chi connectivity index (χ1n) is 7.22. The van der Waals surface area contributed by atoms with Gasteiger partial charge in [0.1, 0.15) is 5.75 Å². The molecular formula is C16H21ClO2. The molecule has 1 aromatic rings. The number of methoxy groups -OCH3 is 1. The van der Waals surface area contributed by atoms with Gasteiger partial charge in [0.05, 0.1) is 17.7 Å². The van der Waals surface area contributed by atoms with Crippen LogP contribution in [0.25, 0.3) is 0 Å². The van der Waals surface area contributed by atoms with Gasteiger partial charge in [-0.05, 0) is 55.7 Å². The van der Waals surface area contributed by atoms with E-state index in [4.69, 9.17) is 16.3 Å². The Morgan fingerprint density at radius 3 is 2.68 bits per heavy atom. The average molecular weight is 281 g/mol. The highest BCUT2D eigenvalue weighted by Gasteiger charge is 2.41. The first kappa shape index (κ1) is 13.3. The van der Waals surface area contributed by atoms with E-state index in [0.29, 0.717) is 11.4 Å². The van der Waals surface area contributed by atoms with Gasteiger partial charge in [0, 0.05) is 12.0 Å². The molecule has 1 N–H and O–H groups in total. The van der Waals surface area contributed by atoms with Crippen molar-refractivity contribution in [2.24, 2.45) is 0 Å². The first-order chi connectivity index (χ1) is 9.13. The Labute approximate surface area is 119 Å². The van der Waals surface area contributed by atoms with E-state index in [0.717, 1.165) is 37.0 Å². The Kier molecular flexibility index (Phi) is 3.48. The summed E-state index contributed by atoms with van der Waals surface area (Å²) in [6.45, 7) is 0. The van der Waals surface area contributed by atoms with Crippen LogP contribution in [0.2, 0.25) is 5.02 Å². The summed E-state index contributed by atoms with van der Waals surface area (Å²) in [6, 6.07) is 2.07. The number of fused-ring (bicyclic) bond motifs is 1. The van der Waals surface area contributed by atoms with Crippen molar-refractivity contribution in [3.63, 3.8) is 0 Å². The average Bonchev–Trinajstić information content (AvgIpc) is 3.13. The van der Waals surface area contributed by atoms with Crippen LogP contribution < -0.4 is 4.74 Å². The molecule has 0 aromatic heterocycles. The van der Waals surface area contributed by atoms with E-state index < -0.39 is 5.60 Å². The van der Waals surface area contributed by atoms with Gasteiger partial charge in [-0.25, -0.2) is 0 Å². The molecule has 0 radical (unpaired) electrons. The fourth-order valence-corrected chi connectivity index (χ4v) is 3.49. The molecule has 104 valence electrons. The van der Waals surface area contributed by atoms with Gasteiger partial charge in [-0.15, -0.1) is 0 Å². The zero-order valence-electron chi connectivity index (χ0n) is 11.5. The lowest BCUT2D eigenvalue weighted by Crippen LogP contribution is -2.15. The van der Waals surface area contributed by atoms with Gasteiger partial charge in [0.2, 0.25) is 0 Å². The van der Waals surface area contributed by atoms with E-state index >= 15 is 0 Å². The van der Waals surface area contributed by atoms with Crippen LogP contribution in [0.3, 0.4) is 0 Å². The minimum absolute atomic E-state index is 0.502. The fourth-order valence-electron chi connectivity index (χ4n) is 3.17. The second-order valence-electron chi connectivity index (χ2n) is 5.97. The Bertz CT molecular complexity index is 492. The quantitative estimate of drug-likeness (QED) is 0.856. The molecule has 0 atom stereocenters. The number of ether oxygens (including phenoxy) is 1. The fraction of sp³-hybridized carbons (Fsp3) is 0.625. The molecule has 19 heavy (non-hydrogen) atoms. The molecule has 0 bridgehead atoms. The van der Waals surface area contributed by atoms with E-state index in [-0.39, 0.29) is 0 Å². The maximum Gasteiger partial charge on any atom is 0.141 e. The van der Waals surface area contributed by atoms with E-state index in [2.05, 4.69) is 6.07 Å². The van der Waals surface area contributed by atoms with E-state index in [9.17, 15) is 5.11 Å². The van der Waals surface area contributed by atoms with Crippen molar-refractivity contribution in [1.29, 1.82) is 0 Å². The van der Waals surface area contributed by atoms with Gasteiger partial charge in [-0.2, -0.15) is 0 Å². The molecule has 1 fully saturated rings. The SMILES string of the molecule is COc1c(Cl)cc2c(c1CC1(O)CC1)CCCCC2. The van der Waals surface area contributed by atoms with Gasteiger partial charge < -0.3 is 9.84 Å². The normalized spacial score (nSPS) is 20.6. The third-order valence-electron chi connectivity index (χ3n) is 4.45. The Balaban J connectivity index is 2.08. The molecular weight excluding hydrogens is 260 g/mol. The highest BCUT2D eigenvalue weighted by molar-refractivity contribution is 6.32. The largest absolute Gasteiger partial charge is 0.495 e. The van der Waals surface area contributed by atoms with E-state index in [1.807, 2.05) is 0 Å². The topological polar surface area (TPSA) is 29.5 Å². The number of hydrogen-bond acceptors (Lipinski definition) is 2. The maximum absolute atomic E-state index is 10.3. The minimum atomic E-state index is -0.502. The predicted molar refractivity (Wildman–Crippen MR) is 77.2 cm³/mol. The molecule has 3 rings (SSSR count). The number of rotatable bonds is 3. The Hall–Kier alpha value is -0.730. The van der Waals surface area contributed by atoms with E-state index in [1.165, 1.54) is 30.4 Å². The summed E-state index contributed by atoms with van der Waals surface area (Å²) >= 11 is 6.36. The van der Waals surface area contributed by atoms with Gasteiger partial charge in [-0.3, -0.25) is 0 Å². The van der Waals surface area contributed by atoms with Crippen LogP contribution in [0.4, 0.5) is 0 Å². The summed E-state index contributed by atoms with van der Waals surface area (Å²) in [5, 5.41) is 11.0. The van der Waals surface area contributed by atoms with Crippen molar-refractivity contribution >= 4 is 11.6 Å². The molecule has 0 amide bonds. The Morgan fingerprint density at radius 1 is 1.26 bits per heavy atom. The van der Waals surface area contributed by atoms with Gasteiger partial charge in [-0.1, -0.05) is 18.0 Å². The molecule has 2 nitrogen and oxygen atoms in total. The molecule has 0 heterocycles. The zero-order chi connectivity index (χ0) is 13.5. The highest BCUT2D eigenvalue weighted by atomic mass is 35.5. The molecule has 3 heteroatoms. The summed E-state index contributed by atoms with van der Waals surface area (Å²) in [5.74, 6) is 0.780. The molecule has 0 aliphatic heterocycles. The number of hydrogen-bond donors (Lipinski definition) is 1. The first-order valence-corrected chi connectivity index (χ1v) is 7.60. The van der Waals surface area contributed by atoms with Crippen LogP contribution >= 0.6 is 11.6 Å². The van der Waals surface area contributed by atoms with Crippen LogP contribution in [0, 0.1) is 0 Å². The molecule has 0 unspecified atom stereocenters. The van der Waals surface area contributed by atoms with Crippen molar-refractivity contribution < 1.29 is 9.84 Å². The maximum atomic E-state index is 10.3. The van der Waals surface area contributed by atoms with Crippen molar-refractivity contribution in [3.8, 4) is 5.75 Å². The lowest BCUT2D eigenvalue weighted by atomic mass is 9.92. The van der Waals surface area contributed by atoms with Crippen molar-refractivity contribution in [1.82, 2.24) is 0 Å². The lowest BCUT2D eigenvalue weighted by Gasteiger charge is -2.20. The predicted octanol–water partition coefficient (Wildman–Crippen LogP) is 3.68. The number of halogens is 1. The summed E-state index contributed by atoms with van der Waals surface area (Å²) in [4.78, 5) is 0. The molecule has 0 saturated heterocycles. The van der Waals surface area contributed by atoms with Crippen molar-refractivity contribution in [2.75, 3.05) is 7.11 Å².